The van der Waals surface area contributed by atoms with Crippen LogP contribution in [0.25, 0.3) is 0 Å². The van der Waals surface area contributed by atoms with E-state index in [4.69, 9.17) is 4.74 Å². The lowest BCUT2D eigenvalue weighted by molar-refractivity contribution is -0.0262. The molecule has 1 saturated heterocycles. The molecule has 2 unspecified atom stereocenters. The summed E-state index contributed by atoms with van der Waals surface area (Å²) in [5.74, 6) is 0.692. The molecule has 1 aliphatic heterocycles. The summed E-state index contributed by atoms with van der Waals surface area (Å²) in [6.45, 7) is 8.44. The van der Waals surface area contributed by atoms with Gasteiger partial charge in [0.05, 0.1) is 6.10 Å². The van der Waals surface area contributed by atoms with Crippen LogP contribution in [0.5, 0.6) is 0 Å². The van der Waals surface area contributed by atoms with Crippen molar-refractivity contribution in [1.82, 2.24) is 5.32 Å². The molecule has 1 heterocycles. The van der Waals surface area contributed by atoms with Gasteiger partial charge in [-0.3, -0.25) is 0 Å². The van der Waals surface area contributed by atoms with Crippen LogP contribution in [0.1, 0.15) is 38.3 Å². The molecule has 0 spiro atoms. The van der Waals surface area contributed by atoms with Gasteiger partial charge in [-0.05, 0) is 30.4 Å². The van der Waals surface area contributed by atoms with E-state index in [2.05, 4.69) is 43.4 Å². The van der Waals surface area contributed by atoms with Crippen LogP contribution in [-0.4, -0.2) is 30.0 Å². The highest BCUT2D eigenvalue weighted by Crippen LogP contribution is 2.24. The first kappa shape index (κ1) is 15.5. The third-order valence-electron chi connectivity index (χ3n) is 4.09. The van der Waals surface area contributed by atoms with Gasteiger partial charge in [0.15, 0.2) is 0 Å². The van der Waals surface area contributed by atoms with Crippen molar-refractivity contribution < 1.29 is 9.84 Å². The third kappa shape index (κ3) is 4.05. The molecule has 1 aromatic rings. The van der Waals surface area contributed by atoms with E-state index in [1.54, 1.807) is 0 Å². The maximum atomic E-state index is 10.4. The van der Waals surface area contributed by atoms with Gasteiger partial charge in [0, 0.05) is 26.1 Å². The first-order valence-corrected chi connectivity index (χ1v) is 7.62. The highest BCUT2D eigenvalue weighted by molar-refractivity contribution is 5.22. The van der Waals surface area contributed by atoms with Crippen molar-refractivity contribution in [2.24, 2.45) is 5.92 Å². The molecule has 112 valence electrons. The Labute approximate surface area is 122 Å². The molecule has 20 heavy (non-hydrogen) atoms. The largest absolute Gasteiger partial charge is 0.386 e. The van der Waals surface area contributed by atoms with Gasteiger partial charge in [-0.25, -0.2) is 0 Å². The second kappa shape index (κ2) is 6.70. The average molecular weight is 277 g/mol. The first-order valence-electron chi connectivity index (χ1n) is 7.62. The second-order valence-corrected chi connectivity index (χ2v) is 6.38. The second-order valence-electron chi connectivity index (χ2n) is 6.38. The van der Waals surface area contributed by atoms with E-state index in [-0.39, 0.29) is 6.10 Å². The van der Waals surface area contributed by atoms with Crippen molar-refractivity contribution in [1.29, 1.82) is 0 Å². The Morgan fingerprint density at radius 3 is 2.50 bits per heavy atom. The number of hydrogen-bond donors (Lipinski definition) is 2. The molecule has 0 aliphatic carbocycles. The molecule has 2 atom stereocenters. The minimum absolute atomic E-state index is 0.0802. The fourth-order valence-corrected chi connectivity index (χ4v) is 2.69. The monoisotopic (exact) mass is 277 g/mol. The van der Waals surface area contributed by atoms with E-state index < -0.39 is 5.60 Å². The summed E-state index contributed by atoms with van der Waals surface area (Å²) in [5.41, 5.74) is 1.94. The fraction of sp³-hybridized carbons (Fsp3) is 0.647. The standard InChI is InChI=1S/C17H27NO2/c1-13(2)10-15-4-6-16(7-5-15)11-18-12-17(19)8-9-20-14(17)3/h4-7,13-14,18-19H,8-12H2,1-3H3. The zero-order valence-electron chi connectivity index (χ0n) is 12.9. The van der Waals surface area contributed by atoms with E-state index in [0.717, 1.165) is 13.0 Å². The summed E-state index contributed by atoms with van der Waals surface area (Å²) in [4.78, 5) is 0. The lowest BCUT2D eigenvalue weighted by Crippen LogP contribution is -2.45. The van der Waals surface area contributed by atoms with Crippen LogP contribution in [0.4, 0.5) is 0 Å². The molecule has 1 fully saturated rings. The third-order valence-corrected chi connectivity index (χ3v) is 4.09. The van der Waals surface area contributed by atoms with Crippen LogP contribution in [-0.2, 0) is 17.7 Å². The van der Waals surface area contributed by atoms with Crippen LogP contribution in [0.3, 0.4) is 0 Å². The van der Waals surface area contributed by atoms with Crippen molar-refractivity contribution in [3.63, 3.8) is 0 Å². The predicted molar refractivity (Wildman–Crippen MR) is 81.7 cm³/mol. The van der Waals surface area contributed by atoms with E-state index in [1.807, 2.05) is 6.92 Å². The first-order chi connectivity index (χ1) is 9.49. The fourth-order valence-electron chi connectivity index (χ4n) is 2.69. The number of nitrogens with one attached hydrogen (secondary N) is 1. The molecule has 1 aliphatic rings. The van der Waals surface area contributed by atoms with Gasteiger partial charge in [0.25, 0.3) is 0 Å². The smallest absolute Gasteiger partial charge is 0.105 e. The average Bonchev–Trinajstić information content (AvgIpc) is 2.71. The van der Waals surface area contributed by atoms with Gasteiger partial charge in [-0.1, -0.05) is 38.1 Å². The predicted octanol–water partition coefficient (Wildman–Crippen LogP) is 2.51. The van der Waals surface area contributed by atoms with Crippen molar-refractivity contribution >= 4 is 0 Å². The highest BCUT2D eigenvalue weighted by Gasteiger charge is 2.38. The van der Waals surface area contributed by atoms with Gasteiger partial charge in [0.1, 0.15) is 5.60 Å². The van der Waals surface area contributed by atoms with Gasteiger partial charge in [-0.2, -0.15) is 0 Å². The van der Waals surface area contributed by atoms with Gasteiger partial charge >= 0.3 is 0 Å². The minimum atomic E-state index is -0.711. The summed E-state index contributed by atoms with van der Waals surface area (Å²) < 4.78 is 5.43. The van der Waals surface area contributed by atoms with Crippen molar-refractivity contribution in [2.75, 3.05) is 13.2 Å². The van der Waals surface area contributed by atoms with Gasteiger partial charge in [-0.15, -0.1) is 0 Å². The van der Waals surface area contributed by atoms with Gasteiger partial charge in [0.2, 0.25) is 0 Å². The highest BCUT2D eigenvalue weighted by atomic mass is 16.5. The van der Waals surface area contributed by atoms with E-state index in [9.17, 15) is 5.11 Å². The van der Waals surface area contributed by atoms with Crippen LogP contribution in [0.15, 0.2) is 24.3 Å². The summed E-state index contributed by atoms with van der Waals surface area (Å²) in [6, 6.07) is 8.74. The molecule has 0 aromatic heterocycles. The molecule has 2 rings (SSSR count). The summed E-state index contributed by atoms with van der Waals surface area (Å²) in [7, 11) is 0. The van der Waals surface area contributed by atoms with Crippen LogP contribution in [0, 0.1) is 5.92 Å². The lowest BCUT2D eigenvalue weighted by atomic mass is 9.96. The van der Waals surface area contributed by atoms with E-state index in [0.29, 0.717) is 25.5 Å². The zero-order valence-corrected chi connectivity index (χ0v) is 12.9. The zero-order chi connectivity index (χ0) is 14.6. The number of ether oxygens (including phenoxy) is 1. The Hall–Kier alpha value is -0.900. The number of aliphatic hydroxyl groups is 1. The maximum absolute atomic E-state index is 10.4. The van der Waals surface area contributed by atoms with E-state index in [1.165, 1.54) is 11.1 Å². The van der Waals surface area contributed by atoms with Crippen molar-refractivity contribution in [2.45, 2.75) is 51.9 Å². The van der Waals surface area contributed by atoms with Crippen LogP contribution >= 0.6 is 0 Å². The molecule has 3 nitrogen and oxygen atoms in total. The quantitative estimate of drug-likeness (QED) is 0.839. The Balaban J connectivity index is 1.79. The molecule has 1 aromatic carbocycles. The maximum Gasteiger partial charge on any atom is 0.105 e. The normalized spacial score (nSPS) is 26.4. The molecule has 3 heteroatoms. The number of rotatable bonds is 6. The molecular formula is C17H27NO2. The topological polar surface area (TPSA) is 41.5 Å². The van der Waals surface area contributed by atoms with Gasteiger partial charge < -0.3 is 15.2 Å². The molecule has 0 saturated carbocycles. The molecule has 0 radical (unpaired) electrons. The Morgan fingerprint density at radius 2 is 1.95 bits per heavy atom. The number of hydrogen-bond acceptors (Lipinski definition) is 3. The Kier molecular flexibility index (Phi) is 5.19. The van der Waals surface area contributed by atoms with E-state index >= 15 is 0 Å². The Bertz CT molecular complexity index is 416. The van der Waals surface area contributed by atoms with Crippen molar-refractivity contribution in [3.8, 4) is 0 Å². The summed E-state index contributed by atoms with van der Waals surface area (Å²) >= 11 is 0. The van der Waals surface area contributed by atoms with Crippen molar-refractivity contribution in [3.05, 3.63) is 35.4 Å². The summed E-state index contributed by atoms with van der Waals surface area (Å²) in [6.07, 6.45) is 1.76. The summed E-state index contributed by atoms with van der Waals surface area (Å²) in [5, 5.41) is 13.7. The SMILES string of the molecule is CC(C)Cc1ccc(CNCC2(O)CCOC2C)cc1. The van der Waals surface area contributed by atoms with Crippen LogP contribution < -0.4 is 5.32 Å². The minimum Gasteiger partial charge on any atom is -0.386 e. The molecule has 2 N–H and O–H groups in total. The van der Waals surface area contributed by atoms with Crippen LogP contribution in [0.2, 0.25) is 0 Å². The molecular weight excluding hydrogens is 250 g/mol. The lowest BCUT2D eigenvalue weighted by Gasteiger charge is -2.26. The molecule has 0 bridgehead atoms. The Morgan fingerprint density at radius 1 is 1.30 bits per heavy atom. The number of benzene rings is 1. The molecule has 0 amide bonds.